The van der Waals surface area contributed by atoms with Crippen molar-refractivity contribution in [2.75, 3.05) is 33.2 Å². The Hall–Kier alpha value is -1.52. The standard InChI is InChI=1S/C18H24N4O4S.2ClH/c1-21(11-12-5-7-19-8-6-12)18(23)14-9-13-10-20-16-4-2-3-15(22(13)16)17(14)27(24,25)26;;/h2-4,9,12-13,19-20H,5-8,10-11H2,1H3,(H,24,25,26);2*1H. The highest BCUT2D eigenvalue weighted by atomic mass is 35.5. The van der Waals surface area contributed by atoms with Crippen molar-refractivity contribution in [2.24, 2.45) is 5.92 Å². The number of hydrogen-bond donors (Lipinski definition) is 3. The van der Waals surface area contributed by atoms with Crippen LogP contribution in [0.2, 0.25) is 0 Å². The van der Waals surface area contributed by atoms with Gasteiger partial charge in [0.25, 0.3) is 16.0 Å². The Morgan fingerprint density at radius 3 is 2.66 bits per heavy atom. The van der Waals surface area contributed by atoms with Gasteiger partial charge in [0.1, 0.15) is 10.7 Å². The maximum atomic E-state index is 13.1. The summed E-state index contributed by atoms with van der Waals surface area (Å²) in [5, 5.41) is 6.50. The summed E-state index contributed by atoms with van der Waals surface area (Å²) < 4.78 is 34.3. The summed E-state index contributed by atoms with van der Waals surface area (Å²) in [6, 6.07) is -0.159. The molecule has 1 atom stereocenters. The molecule has 1 unspecified atom stereocenters. The summed E-state index contributed by atoms with van der Waals surface area (Å²) >= 11 is 0. The lowest BCUT2D eigenvalue weighted by Gasteiger charge is -2.34. The number of allylic oxidation sites excluding steroid dienone is 3. The van der Waals surface area contributed by atoms with E-state index in [1.54, 1.807) is 30.2 Å². The third kappa shape index (κ3) is 4.49. The van der Waals surface area contributed by atoms with Crippen LogP contribution in [0.3, 0.4) is 0 Å². The molecule has 4 aliphatic heterocycles. The molecule has 3 N–H and O–H groups in total. The fourth-order valence-electron chi connectivity index (χ4n) is 4.23. The van der Waals surface area contributed by atoms with Crippen molar-refractivity contribution >= 4 is 40.8 Å². The third-order valence-corrected chi connectivity index (χ3v) is 6.46. The molecule has 0 saturated carbocycles. The van der Waals surface area contributed by atoms with E-state index >= 15 is 0 Å². The molecule has 2 fully saturated rings. The van der Waals surface area contributed by atoms with E-state index in [2.05, 4.69) is 10.6 Å². The lowest BCUT2D eigenvalue weighted by atomic mass is 9.96. The molecule has 0 aromatic rings. The molecule has 0 aromatic carbocycles. The van der Waals surface area contributed by atoms with Gasteiger partial charge >= 0.3 is 0 Å². The summed E-state index contributed by atoms with van der Waals surface area (Å²) in [7, 11) is -2.88. The molecule has 11 heteroatoms. The third-order valence-electron chi connectivity index (χ3n) is 5.51. The quantitative estimate of drug-likeness (QED) is 0.533. The van der Waals surface area contributed by atoms with Crippen molar-refractivity contribution < 1.29 is 17.8 Å². The fraction of sp³-hybridized carbons (Fsp3) is 0.500. The second-order valence-electron chi connectivity index (χ2n) is 7.38. The summed E-state index contributed by atoms with van der Waals surface area (Å²) in [5.41, 5.74) is 0.394. The molecule has 4 heterocycles. The lowest BCUT2D eigenvalue weighted by molar-refractivity contribution is -0.126. The molecular formula is C18H26Cl2N4O4S. The SMILES string of the molecule is CN(CC1CCNCC1)C(=O)C1=CC2CNC3=CC=CC(=C1S(=O)(=O)O)N32.Cl.Cl. The number of nitrogens with zero attached hydrogens (tertiary/aromatic N) is 2. The molecule has 8 nitrogen and oxygen atoms in total. The smallest absolute Gasteiger partial charge is 0.297 e. The molecule has 0 spiro atoms. The average molecular weight is 465 g/mol. The highest BCUT2D eigenvalue weighted by Crippen LogP contribution is 2.38. The zero-order valence-electron chi connectivity index (χ0n) is 16.0. The van der Waals surface area contributed by atoms with Crippen LogP contribution < -0.4 is 10.6 Å². The van der Waals surface area contributed by atoms with Gasteiger partial charge in [0.15, 0.2) is 0 Å². The van der Waals surface area contributed by atoms with E-state index in [0.717, 1.165) is 31.8 Å². The van der Waals surface area contributed by atoms with Crippen molar-refractivity contribution in [1.29, 1.82) is 0 Å². The van der Waals surface area contributed by atoms with Crippen LogP contribution in [0.5, 0.6) is 0 Å². The summed E-state index contributed by atoms with van der Waals surface area (Å²) in [5.74, 6) is 0.786. The summed E-state index contributed by atoms with van der Waals surface area (Å²) in [6.07, 6.45) is 8.81. The van der Waals surface area contributed by atoms with Gasteiger partial charge in [-0.05, 0) is 50.1 Å². The monoisotopic (exact) mass is 464 g/mol. The lowest BCUT2D eigenvalue weighted by Crippen LogP contribution is -2.41. The van der Waals surface area contributed by atoms with Crippen LogP contribution in [-0.2, 0) is 14.9 Å². The van der Waals surface area contributed by atoms with Crippen LogP contribution in [0.4, 0.5) is 0 Å². The molecule has 0 aromatic heterocycles. The molecule has 162 valence electrons. The number of piperidine rings is 1. The van der Waals surface area contributed by atoms with E-state index in [4.69, 9.17) is 0 Å². The van der Waals surface area contributed by atoms with E-state index in [1.807, 2.05) is 11.0 Å². The number of rotatable bonds is 4. The zero-order valence-corrected chi connectivity index (χ0v) is 18.4. The number of likely N-dealkylation sites (N-methyl/N-ethyl adjacent to an activating group) is 1. The van der Waals surface area contributed by atoms with Crippen molar-refractivity contribution in [3.63, 3.8) is 0 Å². The number of amides is 1. The van der Waals surface area contributed by atoms with Gasteiger partial charge < -0.3 is 20.4 Å². The number of carbonyl (C=O) groups excluding carboxylic acids is 1. The number of hydrogen-bond acceptors (Lipinski definition) is 6. The first-order chi connectivity index (χ1) is 12.9. The van der Waals surface area contributed by atoms with Crippen LogP contribution >= 0.6 is 24.8 Å². The van der Waals surface area contributed by atoms with Crippen LogP contribution in [0, 0.1) is 5.92 Å². The minimum atomic E-state index is -4.57. The minimum Gasteiger partial charge on any atom is -0.369 e. The molecule has 0 radical (unpaired) electrons. The Balaban J connectivity index is 0.00000150. The fourth-order valence-corrected chi connectivity index (χ4v) is 5.09. The average Bonchev–Trinajstić information content (AvgIpc) is 3.05. The van der Waals surface area contributed by atoms with E-state index in [0.29, 0.717) is 24.7 Å². The first-order valence-electron chi connectivity index (χ1n) is 9.18. The highest BCUT2D eigenvalue weighted by Gasteiger charge is 2.41. The van der Waals surface area contributed by atoms with Gasteiger partial charge in [0.05, 0.1) is 17.3 Å². The Labute approximate surface area is 183 Å². The maximum Gasteiger partial charge on any atom is 0.297 e. The first-order valence-corrected chi connectivity index (χ1v) is 10.6. The Morgan fingerprint density at radius 1 is 1.31 bits per heavy atom. The Kier molecular flexibility index (Phi) is 7.45. The number of halogens is 2. The van der Waals surface area contributed by atoms with E-state index < -0.39 is 10.1 Å². The molecule has 29 heavy (non-hydrogen) atoms. The van der Waals surface area contributed by atoms with Crippen molar-refractivity contribution in [1.82, 2.24) is 20.4 Å². The normalized spacial score (nSPS) is 23.2. The van der Waals surface area contributed by atoms with E-state index in [1.165, 1.54) is 0 Å². The molecule has 4 aliphatic rings. The second-order valence-corrected chi connectivity index (χ2v) is 8.74. The molecule has 2 saturated heterocycles. The summed E-state index contributed by atoms with van der Waals surface area (Å²) in [4.78, 5) is 16.2. The zero-order chi connectivity index (χ0) is 19.2. The van der Waals surface area contributed by atoms with Crippen molar-refractivity contribution in [3.8, 4) is 0 Å². The maximum absolute atomic E-state index is 13.1. The van der Waals surface area contributed by atoms with Crippen molar-refractivity contribution in [2.45, 2.75) is 18.9 Å². The molecule has 0 bridgehead atoms. The van der Waals surface area contributed by atoms with Gasteiger partial charge in [-0.2, -0.15) is 8.42 Å². The molecule has 4 rings (SSSR count). The second kappa shape index (κ2) is 9.09. The van der Waals surface area contributed by atoms with Crippen molar-refractivity contribution in [3.05, 3.63) is 46.3 Å². The van der Waals surface area contributed by atoms with Gasteiger partial charge in [-0.3, -0.25) is 9.35 Å². The highest BCUT2D eigenvalue weighted by molar-refractivity contribution is 7.90. The topological polar surface area (TPSA) is 102 Å². The van der Waals surface area contributed by atoms with E-state index in [9.17, 15) is 17.8 Å². The molecule has 0 aliphatic carbocycles. The van der Waals surface area contributed by atoms with Crippen LogP contribution in [0.25, 0.3) is 0 Å². The van der Waals surface area contributed by atoms with Gasteiger partial charge in [-0.1, -0.05) is 6.08 Å². The van der Waals surface area contributed by atoms with Gasteiger partial charge in [-0.25, -0.2) is 0 Å². The Morgan fingerprint density at radius 2 is 2.00 bits per heavy atom. The largest absolute Gasteiger partial charge is 0.369 e. The van der Waals surface area contributed by atoms with Crippen LogP contribution in [0.15, 0.2) is 46.3 Å². The number of carbonyl (C=O) groups is 1. The van der Waals surface area contributed by atoms with Crippen LogP contribution in [-0.4, -0.2) is 67.9 Å². The first kappa shape index (κ1) is 23.8. The van der Waals surface area contributed by atoms with E-state index in [-0.39, 0.29) is 47.2 Å². The number of nitrogens with one attached hydrogen (secondary N) is 2. The van der Waals surface area contributed by atoms with Gasteiger partial charge in [0, 0.05) is 20.1 Å². The Bertz CT molecular complexity index is 892. The minimum absolute atomic E-state index is 0. The van der Waals surface area contributed by atoms with Gasteiger partial charge in [-0.15, -0.1) is 24.8 Å². The predicted octanol–water partition coefficient (Wildman–Crippen LogP) is 1.01. The van der Waals surface area contributed by atoms with Crippen LogP contribution in [0.1, 0.15) is 12.8 Å². The predicted molar refractivity (Wildman–Crippen MR) is 115 cm³/mol. The molecular weight excluding hydrogens is 439 g/mol. The van der Waals surface area contributed by atoms with Gasteiger partial charge in [0.2, 0.25) is 0 Å². The molecule has 1 amide bonds. The summed E-state index contributed by atoms with van der Waals surface area (Å²) in [6.45, 7) is 3.00.